The number of hydrogen-bond acceptors (Lipinski definition) is 1. The Balaban J connectivity index is 2.64. The Morgan fingerprint density at radius 1 is 1.15 bits per heavy atom. The minimum absolute atomic E-state index is 0.206. The van der Waals surface area contributed by atoms with Gasteiger partial charge in [-0.25, -0.2) is 0 Å². The average Bonchev–Trinajstić information content (AvgIpc) is 2.03. The zero-order valence-corrected chi connectivity index (χ0v) is 9.01. The molecule has 0 aliphatic rings. The zero-order valence-electron chi connectivity index (χ0n) is 8.25. The molecule has 0 aliphatic heterocycles. The first-order valence-electron chi connectivity index (χ1n) is 4.36. The van der Waals surface area contributed by atoms with Gasteiger partial charge in [0.05, 0.1) is 5.60 Å². The van der Waals surface area contributed by atoms with Gasteiger partial charge in [0.2, 0.25) is 0 Å². The molecule has 0 spiro atoms. The highest BCUT2D eigenvalue weighted by atomic mass is 35.5. The maximum Gasteiger partial charge on any atom is 0.157 e. The lowest BCUT2D eigenvalue weighted by atomic mass is 10.2. The summed E-state index contributed by atoms with van der Waals surface area (Å²) in [6.07, 6.45) is 0. The Bertz CT molecular complexity index is 251. The maximum absolute atomic E-state index is 6.07. The van der Waals surface area contributed by atoms with Crippen molar-refractivity contribution < 1.29 is 4.74 Å². The number of halogens is 1. The van der Waals surface area contributed by atoms with Gasteiger partial charge in [0.15, 0.2) is 5.56 Å². The summed E-state index contributed by atoms with van der Waals surface area (Å²) in [5.41, 5.74) is 0.433. The molecule has 1 nitrogen and oxygen atoms in total. The first kappa shape index (κ1) is 10.6. The van der Waals surface area contributed by atoms with E-state index >= 15 is 0 Å². The van der Waals surface area contributed by atoms with Crippen molar-refractivity contribution in [3.63, 3.8) is 0 Å². The topological polar surface area (TPSA) is 9.23 Å². The third-order valence-corrected chi connectivity index (χ3v) is 1.86. The standard InChI is InChI=1S/C11H15ClO/c1-11(2,3)13-10(12)9-7-5-4-6-8-9/h4-8,10H,1-3H3. The van der Waals surface area contributed by atoms with Crippen molar-refractivity contribution in [3.05, 3.63) is 35.9 Å². The van der Waals surface area contributed by atoms with Crippen molar-refractivity contribution in [3.8, 4) is 0 Å². The molecule has 72 valence electrons. The fourth-order valence-electron chi connectivity index (χ4n) is 0.983. The second-order valence-electron chi connectivity index (χ2n) is 3.96. The van der Waals surface area contributed by atoms with E-state index in [1.165, 1.54) is 0 Å². The molecule has 1 unspecified atom stereocenters. The summed E-state index contributed by atoms with van der Waals surface area (Å²) in [4.78, 5) is 0. The maximum atomic E-state index is 6.07. The minimum Gasteiger partial charge on any atom is -0.353 e. The summed E-state index contributed by atoms with van der Waals surface area (Å²) >= 11 is 6.07. The van der Waals surface area contributed by atoms with Gasteiger partial charge in [0.25, 0.3) is 0 Å². The van der Waals surface area contributed by atoms with Gasteiger partial charge >= 0.3 is 0 Å². The van der Waals surface area contributed by atoms with E-state index in [0.717, 1.165) is 5.56 Å². The number of hydrogen-bond donors (Lipinski definition) is 0. The average molecular weight is 199 g/mol. The molecule has 2 heteroatoms. The third-order valence-electron chi connectivity index (χ3n) is 1.52. The largest absolute Gasteiger partial charge is 0.353 e. The molecular formula is C11H15ClO. The summed E-state index contributed by atoms with van der Waals surface area (Å²) in [6.45, 7) is 5.97. The van der Waals surface area contributed by atoms with Crippen LogP contribution in [0.1, 0.15) is 31.9 Å². The van der Waals surface area contributed by atoms with E-state index in [1.807, 2.05) is 51.1 Å². The molecule has 0 amide bonds. The van der Waals surface area contributed by atoms with E-state index in [2.05, 4.69) is 0 Å². The van der Waals surface area contributed by atoms with Crippen LogP contribution in [0.25, 0.3) is 0 Å². The van der Waals surface area contributed by atoms with Crippen molar-refractivity contribution in [2.75, 3.05) is 0 Å². The number of ether oxygens (including phenoxy) is 1. The molecule has 0 aliphatic carbocycles. The predicted molar refractivity (Wildman–Crippen MR) is 55.9 cm³/mol. The Hall–Kier alpha value is -0.530. The van der Waals surface area contributed by atoms with Crippen LogP contribution in [0.15, 0.2) is 30.3 Å². The van der Waals surface area contributed by atoms with E-state index in [4.69, 9.17) is 16.3 Å². The van der Waals surface area contributed by atoms with Gasteiger partial charge in [-0.2, -0.15) is 0 Å². The van der Waals surface area contributed by atoms with Gasteiger partial charge in [-0.15, -0.1) is 0 Å². The summed E-state index contributed by atoms with van der Waals surface area (Å²) in [7, 11) is 0. The number of benzene rings is 1. The Kier molecular flexibility index (Phi) is 3.34. The summed E-state index contributed by atoms with van der Waals surface area (Å²) < 4.78 is 5.59. The van der Waals surface area contributed by atoms with Crippen LogP contribution in [0.4, 0.5) is 0 Å². The van der Waals surface area contributed by atoms with Gasteiger partial charge in [-0.05, 0) is 26.3 Å². The third kappa shape index (κ3) is 3.79. The van der Waals surface area contributed by atoms with Crippen molar-refractivity contribution in [1.29, 1.82) is 0 Å². The van der Waals surface area contributed by atoms with E-state index in [0.29, 0.717) is 0 Å². The molecule has 0 saturated carbocycles. The molecule has 0 heterocycles. The van der Waals surface area contributed by atoms with Crippen LogP contribution in [0, 0.1) is 0 Å². The Labute approximate surface area is 84.7 Å². The van der Waals surface area contributed by atoms with Crippen LogP contribution in [-0.4, -0.2) is 5.60 Å². The SMILES string of the molecule is CC(C)(C)OC(Cl)c1ccccc1. The van der Waals surface area contributed by atoms with E-state index in [-0.39, 0.29) is 11.2 Å². The predicted octanol–water partition coefficient (Wildman–Crippen LogP) is 3.74. The molecule has 0 radical (unpaired) electrons. The highest BCUT2D eigenvalue weighted by Crippen LogP contribution is 2.26. The summed E-state index contributed by atoms with van der Waals surface area (Å²) in [5.74, 6) is 0. The molecule has 0 fully saturated rings. The fraction of sp³-hybridized carbons (Fsp3) is 0.455. The molecule has 1 aromatic carbocycles. The molecule has 1 atom stereocenters. The van der Waals surface area contributed by atoms with Crippen LogP contribution in [0.3, 0.4) is 0 Å². The van der Waals surface area contributed by atoms with Gasteiger partial charge in [0.1, 0.15) is 0 Å². The molecule has 0 bridgehead atoms. The minimum atomic E-state index is -0.360. The van der Waals surface area contributed by atoms with Gasteiger partial charge in [0, 0.05) is 0 Å². The highest BCUT2D eigenvalue weighted by Gasteiger charge is 2.17. The monoisotopic (exact) mass is 198 g/mol. The van der Waals surface area contributed by atoms with Crippen LogP contribution in [0.5, 0.6) is 0 Å². The summed E-state index contributed by atoms with van der Waals surface area (Å²) in [5, 5.41) is 0. The van der Waals surface area contributed by atoms with Gasteiger partial charge in [-0.1, -0.05) is 41.9 Å². The Morgan fingerprint density at radius 2 is 1.69 bits per heavy atom. The van der Waals surface area contributed by atoms with Crippen molar-refractivity contribution >= 4 is 11.6 Å². The van der Waals surface area contributed by atoms with E-state index < -0.39 is 0 Å². The quantitative estimate of drug-likeness (QED) is 0.658. The fourth-order valence-corrected chi connectivity index (χ4v) is 1.40. The molecule has 13 heavy (non-hydrogen) atoms. The molecule has 1 aromatic rings. The normalized spacial score (nSPS) is 14.2. The smallest absolute Gasteiger partial charge is 0.157 e. The van der Waals surface area contributed by atoms with Gasteiger partial charge in [-0.3, -0.25) is 0 Å². The molecular weight excluding hydrogens is 184 g/mol. The van der Waals surface area contributed by atoms with Crippen molar-refractivity contribution in [1.82, 2.24) is 0 Å². The highest BCUT2D eigenvalue weighted by molar-refractivity contribution is 6.19. The lowest BCUT2D eigenvalue weighted by Gasteiger charge is -2.23. The molecule has 0 N–H and O–H groups in total. The van der Waals surface area contributed by atoms with Crippen molar-refractivity contribution in [2.24, 2.45) is 0 Å². The Morgan fingerprint density at radius 3 is 2.15 bits per heavy atom. The number of alkyl halides is 1. The first-order valence-corrected chi connectivity index (χ1v) is 4.79. The zero-order chi connectivity index (χ0) is 9.90. The van der Waals surface area contributed by atoms with Crippen LogP contribution >= 0.6 is 11.6 Å². The van der Waals surface area contributed by atoms with Crippen LogP contribution in [0.2, 0.25) is 0 Å². The van der Waals surface area contributed by atoms with Gasteiger partial charge < -0.3 is 4.74 Å². The first-order chi connectivity index (χ1) is 5.99. The van der Waals surface area contributed by atoms with E-state index in [9.17, 15) is 0 Å². The summed E-state index contributed by atoms with van der Waals surface area (Å²) in [6, 6.07) is 9.80. The second kappa shape index (κ2) is 4.12. The second-order valence-corrected chi connectivity index (χ2v) is 4.35. The van der Waals surface area contributed by atoms with Crippen molar-refractivity contribution in [2.45, 2.75) is 31.9 Å². The lowest BCUT2D eigenvalue weighted by molar-refractivity contribution is -0.0238. The van der Waals surface area contributed by atoms with E-state index in [1.54, 1.807) is 0 Å². The lowest BCUT2D eigenvalue weighted by Crippen LogP contribution is -2.20. The molecule has 0 aromatic heterocycles. The van der Waals surface area contributed by atoms with Crippen LogP contribution in [-0.2, 0) is 4.74 Å². The van der Waals surface area contributed by atoms with Crippen LogP contribution < -0.4 is 0 Å². The molecule has 0 saturated heterocycles. The molecule has 1 rings (SSSR count). The number of rotatable bonds is 2.